The first-order chi connectivity index (χ1) is 7.02. The van der Waals surface area contributed by atoms with Gasteiger partial charge in [0.1, 0.15) is 9.65 Å². The number of hydrogen-bond acceptors (Lipinski definition) is 4. The normalized spacial score (nSPS) is 14.1. The first-order valence-electron chi connectivity index (χ1n) is 4.46. The van der Waals surface area contributed by atoms with Crippen LogP contribution in [0.25, 0.3) is 0 Å². The highest BCUT2D eigenvalue weighted by Gasteiger charge is 2.18. The van der Waals surface area contributed by atoms with Crippen LogP contribution in [0, 0.1) is 0 Å². The summed E-state index contributed by atoms with van der Waals surface area (Å²) in [5, 5.41) is 0. The topological polar surface area (TPSA) is 52.6 Å². The van der Waals surface area contributed by atoms with Crippen LogP contribution in [0.4, 0.5) is 0 Å². The van der Waals surface area contributed by atoms with Crippen LogP contribution in [-0.2, 0) is 19.1 Å². The zero-order chi connectivity index (χ0) is 11.8. The van der Waals surface area contributed by atoms with Gasteiger partial charge in [-0.3, -0.25) is 9.59 Å². The molecule has 0 aromatic heterocycles. The van der Waals surface area contributed by atoms with Gasteiger partial charge in [0.25, 0.3) is 0 Å². The largest absolute Gasteiger partial charge is 0.468 e. The Morgan fingerprint density at radius 2 is 1.33 bits per heavy atom. The van der Waals surface area contributed by atoms with E-state index in [-0.39, 0.29) is 21.6 Å². The van der Waals surface area contributed by atoms with Crippen molar-refractivity contribution in [1.29, 1.82) is 0 Å². The average Bonchev–Trinajstić information content (AvgIpc) is 2.26. The van der Waals surface area contributed by atoms with Crippen LogP contribution in [0.15, 0.2) is 0 Å². The number of hydrogen-bond donors (Lipinski definition) is 0. The molecule has 0 saturated carbocycles. The molecule has 0 aromatic carbocycles. The summed E-state index contributed by atoms with van der Waals surface area (Å²) < 4.78 is 9.10. The molecule has 0 saturated heterocycles. The van der Waals surface area contributed by atoms with Gasteiger partial charge >= 0.3 is 11.9 Å². The lowest BCUT2D eigenvalue weighted by Crippen LogP contribution is -2.18. The molecule has 0 spiro atoms. The predicted molar refractivity (Wildman–Crippen MR) is 63.3 cm³/mol. The first-order valence-corrected chi connectivity index (χ1v) is 6.29. The molecule has 0 bridgehead atoms. The summed E-state index contributed by atoms with van der Waals surface area (Å²) in [5.41, 5.74) is 0. The van der Waals surface area contributed by atoms with Crippen molar-refractivity contribution in [3.8, 4) is 0 Å². The van der Waals surface area contributed by atoms with Gasteiger partial charge in [0.05, 0.1) is 14.2 Å². The maximum atomic E-state index is 11.0. The van der Waals surface area contributed by atoms with E-state index in [1.165, 1.54) is 14.2 Å². The van der Waals surface area contributed by atoms with Crippen molar-refractivity contribution in [1.82, 2.24) is 0 Å². The van der Waals surface area contributed by atoms with E-state index < -0.39 is 0 Å². The second-order valence-electron chi connectivity index (χ2n) is 2.91. The minimum Gasteiger partial charge on any atom is -0.468 e. The lowest BCUT2D eigenvalue weighted by Gasteiger charge is -2.09. The molecule has 0 amide bonds. The molecular weight excluding hydrogens is 334 g/mol. The summed E-state index contributed by atoms with van der Waals surface area (Å²) in [5.74, 6) is -0.585. The highest BCUT2D eigenvalue weighted by molar-refractivity contribution is 9.10. The fourth-order valence-electron chi connectivity index (χ4n) is 0.968. The smallest absolute Gasteiger partial charge is 0.319 e. The second kappa shape index (κ2) is 8.10. The summed E-state index contributed by atoms with van der Waals surface area (Å²) in [6, 6.07) is 0. The number of methoxy groups -OCH3 is 2. The highest BCUT2D eigenvalue weighted by atomic mass is 79.9. The first kappa shape index (κ1) is 14.9. The van der Waals surface area contributed by atoms with Crippen molar-refractivity contribution in [3.63, 3.8) is 0 Å². The van der Waals surface area contributed by atoms with E-state index in [1.807, 2.05) is 0 Å². The molecule has 0 heterocycles. The van der Waals surface area contributed by atoms with Gasteiger partial charge in [0.2, 0.25) is 0 Å². The highest BCUT2D eigenvalue weighted by Crippen LogP contribution is 2.16. The van der Waals surface area contributed by atoms with Crippen molar-refractivity contribution in [2.75, 3.05) is 14.2 Å². The summed E-state index contributed by atoms with van der Waals surface area (Å²) in [6.45, 7) is 0. The van der Waals surface area contributed by atoms with Crippen LogP contribution in [-0.4, -0.2) is 35.8 Å². The third kappa shape index (κ3) is 6.14. The van der Waals surface area contributed by atoms with Crippen LogP contribution in [0.3, 0.4) is 0 Å². The molecule has 0 unspecified atom stereocenters. The molecule has 0 N–H and O–H groups in total. The summed E-state index contributed by atoms with van der Waals surface area (Å²) >= 11 is 6.40. The Balaban J connectivity index is 3.70. The van der Waals surface area contributed by atoms with Crippen LogP contribution >= 0.6 is 31.9 Å². The maximum absolute atomic E-state index is 11.0. The van der Waals surface area contributed by atoms with Crippen LogP contribution in [0.5, 0.6) is 0 Å². The Morgan fingerprint density at radius 1 is 1.00 bits per heavy atom. The van der Waals surface area contributed by atoms with Crippen molar-refractivity contribution >= 4 is 43.8 Å². The quantitative estimate of drug-likeness (QED) is 0.419. The number of halogens is 2. The van der Waals surface area contributed by atoms with E-state index in [0.29, 0.717) is 12.8 Å². The molecule has 2 atom stereocenters. The van der Waals surface area contributed by atoms with Crippen molar-refractivity contribution in [2.24, 2.45) is 0 Å². The molecule has 0 aliphatic rings. The molecule has 0 aromatic rings. The molecule has 0 fully saturated rings. The van der Waals surface area contributed by atoms with Crippen molar-refractivity contribution in [2.45, 2.75) is 28.9 Å². The van der Waals surface area contributed by atoms with Gasteiger partial charge in [0, 0.05) is 0 Å². The lowest BCUT2D eigenvalue weighted by atomic mass is 10.2. The van der Waals surface area contributed by atoms with E-state index >= 15 is 0 Å². The van der Waals surface area contributed by atoms with Crippen molar-refractivity contribution in [3.05, 3.63) is 0 Å². The Bertz CT molecular complexity index is 198. The molecule has 4 nitrogen and oxygen atoms in total. The van der Waals surface area contributed by atoms with E-state index in [4.69, 9.17) is 0 Å². The second-order valence-corrected chi connectivity index (χ2v) is 5.12. The zero-order valence-corrected chi connectivity index (χ0v) is 11.8. The summed E-state index contributed by atoms with van der Waals surface area (Å²) in [4.78, 5) is 21.4. The van der Waals surface area contributed by atoms with Gasteiger partial charge in [0.15, 0.2) is 0 Å². The molecular formula is C9H14Br2O4. The molecule has 0 aliphatic carbocycles. The third-order valence-electron chi connectivity index (χ3n) is 1.83. The number of carbonyl (C=O) groups is 2. The number of ether oxygens (including phenoxy) is 2. The lowest BCUT2D eigenvalue weighted by molar-refractivity contribution is -0.140. The van der Waals surface area contributed by atoms with Crippen LogP contribution < -0.4 is 0 Å². The zero-order valence-electron chi connectivity index (χ0n) is 8.66. The van der Waals surface area contributed by atoms with Gasteiger partial charge < -0.3 is 9.47 Å². The van der Waals surface area contributed by atoms with Crippen LogP contribution in [0.1, 0.15) is 19.3 Å². The van der Waals surface area contributed by atoms with Crippen LogP contribution in [0.2, 0.25) is 0 Å². The number of alkyl halides is 2. The van der Waals surface area contributed by atoms with E-state index in [9.17, 15) is 9.59 Å². The molecule has 15 heavy (non-hydrogen) atoms. The van der Waals surface area contributed by atoms with Crippen molar-refractivity contribution < 1.29 is 19.1 Å². The van der Waals surface area contributed by atoms with Gasteiger partial charge in [-0.05, 0) is 12.8 Å². The van der Waals surface area contributed by atoms with Gasteiger partial charge in [-0.2, -0.15) is 0 Å². The average molecular weight is 348 g/mol. The number of esters is 2. The van der Waals surface area contributed by atoms with E-state index in [2.05, 4.69) is 41.3 Å². The monoisotopic (exact) mass is 346 g/mol. The minimum atomic E-state index is -0.306. The number of rotatable bonds is 6. The molecule has 0 aliphatic heterocycles. The predicted octanol–water partition coefficient (Wildman–Crippen LogP) is 2.03. The Morgan fingerprint density at radius 3 is 1.60 bits per heavy atom. The fraction of sp³-hybridized carbons (Fsp3) is 0.778. The molecule has 6 heteroatoms. The van der Waals surface area contributed by atoms with Gasteiger partial charge in [-0.1, -0.05) is 38.3 Å². The van der Waals surface area contributed by atoms with Gasteiger partial charge in [-0.25, -0.2) is 0 Å². The molecule has 0 radical (unpaired) electrons. The standard InChI is InChI=1S/C9H14Br2O4/c1-14-8(12)6(10)4-3-5-7(11)9(13)15-2/h6-7H,3-5H2,1-2H3/t6-,7+/i8+1,9+1. The molecule has 88 valence electrons. The Labute approximate surface area is 106 Å². The molecule has 0 rings (SSSR count). The van der Waals surface area contributed by atoms with E-state index in [0.717, 1.165) is 6.42 Å². The SMILES string of the molecule is CO[13C](=O)[C@H](Br)CCC[C@H](Br)[13C](=O)OC. The van der Waals surface area contributed by atoms with Gasteiger partial charge in [-0.15, -0.1) is 0 Å². The summed E-state index contributed by atoms with van der Waals surface area (Å²) in [7, 11) is 2.69. The van der Waals surface area contributed by atoms with E-state index in [1.54, 1.807) is 0 Å². The summed E-state index contributed by atoms with van der Waals surface area (Å²) in [6.07, 6.45) is 1.99. The third-order valence-corrected chi connectivity index (χ3v) is 3.49. The minimum absolute atomic E-state index is 0.292. The Kier molecular flexibility index (Phi) is 8.04. The Hall–Kier alpha value is -0.100. The number of carbonyl (C=O) groups excluding carboxylic acids is 2. The fourth-order valence-corrected chi connectivity index (χ4v) is 1.99. The maximum Gasteiger partial charge on any atom is 0.319 e.